The number of rotatable bonds is 9. The van der Waals surface area contributed by atoms with Crippen LogP contribution >= 0.6 is 0 Å². The molecule has 0 atom stereocenters. The number of nitrogens with one attached hydrogen (secondary N) is 1. The van der Waals surface area contributed by atoms with E-state index in [4.69, 9.17) is 4.74 Å². The van der Waals surface area contributed by atoms with Crippen molar-refractivity contribution in [3.63, 3.8) is 0 Å². The first-order chi connectivity index (χ1) is 9.95. The number of hydrogen-bond acceptors (Lipinski definition) is 2. The lowest BCUT2D eigenvalue weighted by molar-refractivity contribution is -0.121. The van der Waals surface area contributed by atoms with Crippen LogP contribution < -0.4 is 5.32 Å². The summed E-state index contributed by atoms with van der Waals surface area (Å²) in [7, 11) is 1.70. The second kappa shape index (κ2) is 8.83. The summed E-state index contributed by atoms with van der Waals surface area (Å²) >= 11 is 0. The van der Waals surface area contributed by atoms with Crippen LogP contribution in [0.4, 0.5) is 0 Å². The van der Waals surface area contributed by atoms with Gasteiger partial charge in [0.1, 0.15) is 0 Å². The van der Waals surface area contributed by atoms with E-state index in [9.17, 15) is 4.79 Å². The van der Waals surface area contributed by atoms with Crippen molar-refractivity contribution in [2.75, 3.05) is 20.3 Å². The summed E-state index contributed by atoms with van der Waals surface area (Å²) in [4.78, 5) is 11.9. The Morgan fingerprint density at radius 2 is 1.86 bits per heavy atom. The SMILES string of the molecule is COCCCCNC(=O)CCC(C)(C)c1ccc(C)cc1. The fraction of sp³-hybridized carbons (Fsp3) is 0.611. The van der Waals surface area contributed by atoms with E-state index in [2.05, 4.69) is 50.4 Å². The summed E-state index contributed by atoms with van der Waals surface area (Å²) in [6, 6.07) is 8.59. The zero-order chi connectivity index (χ0) is 15.7. The topological polar surface area (TPSA) is 38.3 Å². The molecule has 0 radical (unpaired) electrons. The third-order valence-corrected chi connectivity index (χ3v) is 3.91. The minimum atomic E-state index is 0.0289. The zero-order valence-electron chi connectivity index (χ0n) is 13.9. The smallest absolute Gasteiger partial charge is 0.220 e. The summed E-state index contributed by atoms with van der Waals surface area (Å²) in [6.07, 6.45) is 3.40. The van der Waals surface area contributed by atoms with E-state index in [1.54, 1.807) is 7.11 Å². The Morgan fingerprint density at radius 1 is 1.19 bits per heavy atom. The first-order valence-electron chi connectivity index (χ1n) is 7.78. The molecule has 0 heterocycles. The normalized spacial score (nSPS) is 11.4. The largest absolute Gasteiger partial charge is 0.385 e. The molecule has 0 aromatic heterocycles. The number of ether oxygens (including phenoxy) is 1. The molecule has 0 aliphatic rings. The van der Waals surface area contributed by atoms with E-state index in [1.807, 2.05) is 0 Å². The van der Waals surface area contributed by atoms with Gasteiger partial charge < -0.3 is 10.1 Å². The van der Waals surface area contributed by atoms with Gasteiger partial charge in [-0.05, 0) is 37.2 Å². The molecule has 118 valence electrons. The average Bonchev–Trinajstić information content (AvgIpc) is 2.45. The molecule has 0 spiro atoms. The summed E-state index contributed by atoms with van der Waals surface area (Å²) in [6.45, 7) is 7.99. The maximum Gasteiger partial charge on any atom is 0.220 e. The summed E-state index contributed by atoms with van der Waals surface area (Å²) in [5.41, 5.74) is 2.59. The number of benzene rings is 1. The fourth-order valence-electron chi connectivity index (χ4n) is 2.26. The van der Waals surface area contributed by atoms with Gasteiger partial charge in [0.25, 0.3) is 0 Å². The minimum Gasteiger partial charge on any atom is -0.385 e. The average molecular weight is 291 g/mol. The Bertz CT molecular complexity index is 423. The maximum absolute atomic E-state index is 11.9. The highest BCUT2D eigenvalue weighted by Gasteiger charge is 2.21. The molecule has 0 aliphatic heterocycles. The van der Waals surface area contributed by atoms with Gasteiger partial charge in [0.15, 0.2) is 0 Å². The van der Waals surface area contributed by atoms with Crippen LogP contribution in [0.5, 0.6) is 0 Å². The van der Waals surface area contributed by atoms with Crippen molar-refractivity contribution in [2.24, 2.45) is 0 Å². The highest BCUT2D eigenvalue weighted by atomic mass is 16.5. The Kier molecular flexibility index (Phi) is 7.44. The molecule has 21 heavy (non-hydrogen) atoms. The van der Waals surface area contributed by atoms with Crippen molar-refractivity contribution in [1.82, 2.24) is 5.32 Å². The van der Waals surface area contributed by atoms with Gasteiger partial charge in [0.05, 0.1) is 0 Å². The fourth-order valence-corrected chi connectivity index (χ4v) is 2.26. The van der Waals surface area contributed by atoms with Gasteiger partial charge in [0, 0.05) is 26.7 Å². The Balaban J connectivity index is 2.32. The highest BCUT2D eigenvalue weighted by molar-refractivity contribution is 5.75. The number of methoxy groups -OCH3 is 1. The number of aryl methyl sites for hydroxylation is 1. The molecular formula is C18H29NO2. The molecule has 1 rings (SSSR count). The van der Waals surface area contributed by atoms with Crippen molar-refractivity contribution in [1.29, 1.82) is 0 Å². The Labute approximate surface area is 129 Å². The van der Waals surface area contributed by atoms with Crippen LogP contribution in [0.25, 0.3) is 0 Å². The predicted molar refractivity (Wildman–Crippen MR) is 87.6 cm³/mol. The van der Waals surface area contributed by atoms with Gasteiger partial charge in [-0.3, -0.25) is 4.79 Å². The zero-order valence-corrected chi connectivity index (χ0v) is 13.9. The van der Waals surface area contributed by atoms with Crippen LogP contribution in [0, 0.1) is 6.92 Å². The van der Waals surface area contributed by atoms with Crippen LogP contribution in [0.2, 0.25) is 0 Å². The van der Waals surface area contributed by atoms with Gasteiger partial charge in [-0.2, -0.15) is 0 Å². The van der Waals surface area contributed by atoms with Crippen molar-refractivity contribution < 1.29 is 9.53 Å². The van der Waals surface area contributed by atoms with E-state index in [0.717, 1.165) is 32.4 Å². The quantitative estimate of drug-likeness (QED) is 0.706. The van der Waals surface area contributed by atoms with Crippen molar-refractivity contribution in [2.45, 2.75) is 51.9 Å². The number of carbonyl (C=O) groups excluding carboxylic acids is 1. The molecule has 0 saturated carbocycles. The van der Waals surface area contributed by atoms with Crippen molar-refractivity contribution in [3.8, 4) is 0 Å². The van der Waals surface area contributed by atoms with Crippen molar-refractivity contribution >= 4 is 5.91 Å². The van der Waals surface area contributed by atoms with Crippen LogP contribution in [0.1, 0.15) is 50.7 Å². The van der Waals surface area contributed by atoms with Gasteiger partial charge in [-0.25, -0.2) is 0 Å². The molecule has 0 saturated heterocycles. The lowest BCUT2D eigenvalue weighted by Gasteiger charge is -2.25. The lowest BCUT2D eigenvalue weighted by Crippen LogP contribution is -2.27. The third-order valence-electron chi connectivity index (χ3n) is 3.91. The monoisotopic (exact) mass is 291 g/mol. The number of amides is 1. The molecule has 0 fully saturated rings. The minimum absolute atomic E-state index is 0.0289. The molecule has 1 aromatic carbocycles. The van der Waals surface area contributed by atoms with Gasteiger partial charge in [-0.1, -0.05) is 43.7 Å². The highest BCUT2D eigenvalue weighted by Crippen LogP contribution is 2.28. The first-order valence-corrected chi connectivity index (χ1v) is 7.78. The molecule has 0 unspecified atom stereocenters. The molecule has 1 amide bonds. The molecule has 1 aromatic rings. The molecule has 3 heteroatoms. The van der Waals surface area contributed by atoms with Gasteiger partial charge in [-0.15, -0.1) is 0 Å². The van der Waals surface area contributed by atoms with E-state index in [0.29, 0.717) is 6.42 Å². The first kappa shape index (κ1) is 17.7. The summed E-state index contributed by atoms with van der Waals surface area (Å²) in [5, 5.41) is 2.98. The van der Waals surface area contributed by atoms with Crippen molar-refractivity contribution in [3.05, 3.63) is 35.4 Å². The number of hydrogen-bond donors (Lipinski definition) is 1. The summed E-state index contributed by atoms with van der Waals surface area (Å²) < 4.78 is 4.99. The van der Waals surface area contributed by atoms with Crippen LogP contribution in [-0.4, -0.2) is 26.2 Å². The Hall–Kier alpha value is -1.35. The lowest BCUT2D eigenvalue weighted by atomic mass is 9.80. The van der Waals surface area contributed by atoms with Crippen LogP contribution in [0.15, 0.2) is 24.3 Å². The van der Waals surface area contributed by atoms with E-state index >= 15 is 0 Å². The third kappa shape index (κ3) is 6.76. The molecule has 0 aliphatic carbocycles. The summed E-state index contributed by atoms with van der Waals surface area (Å²) in [5.74, 6) is 0.146. The molecule has 0 bridgehead atoms. The molecule has 3 nitrogen and oxygen atoms in total. The Morgan fingerprint density at radius 3 is 2.48 bits per heavy atom. The number of unbranched alkanes of at least 4 members (excludes halogenated alkanes) is 1. The second-order valence-electron chi connectivity index (χ2n) is 6.30. The second-order valence-corrected chi connectivity index (χ2v) is 6.30. The maximum atomic E-state index is 11.9. The van der Waals surface area contributed by atoms with Gasteiger partial charge in [0.2, 0.25) is 5.91 Å². The molecule has 1 N–H and O–H groups in total. The van der Waals surface area contributed by atoms with Crippen LogP contribution in [-0.2, 0) is 14.9 Å². The van der Waals surface area contributed by atoms with E-state index < -0.39 is 0 Å². The van der Waals surface area contributed by atoms with E-state index in [1.165, 1.54) is 11.1 Å². The molecular weight excluding hydrogens is 262 g/mol. The van der Waals surface area contributed by atoms with Gasteiger partial charge >= 0.3 is 0 Å². The predicted octanol–water partition coefficient (Wildman–Crippen LogP) is 3.60. The van der Waals surface area contributed by atoms with E-state index in [-0.39, 0.29) is 11.3 Å². The number of carbonyl (C=O) groups is 1. The van der Waals surface area contributed by atoms with Crippen LogP contribution in [0.3, 0.4) is 0 Å². The standard InChI is InChI=1S/C18H29NO2/c1-15-7-9-16(10-8-15)18(2,3)12-11-17(20)19-13-5-6-14-21-4/h7-10H,5-6,11-14H2,1-4H3,(H,19,20).